The number of sulfonamides is 1. The lowest BCUT2D eigenvalue weighted by Crippen LogP contribution is -2.42. The summed E-state index contributed by atoms with van der Waals surface area (Å²) in [5.74, 6) is -0.400. The minimum Gasteiger partial charge on any atom is -0.377 e. The van der Waals surface area contributed by atoms with Crippen molar-refractivity contribution in [2.24, 2.45) is 0 Å². The molecule has 0 saturated carbocycles. The number of rotatable bonds is 7. The van der Waals surface area contributed by atoms with Crippen molar-refractivity contribution in [1.82, 2.24) is 4.31 Å². The van der Waals surface area contributed by atoms with E-state index < -0.39 is 15.9 Å². The van der Waals surface area contributed by atoms with Gasteiger partial charge in [-0.25, -0.2) is 8.42 Å². The Kier molecular flexibility index (Phi) is 7.18. The number of hydrogen-bond acceptors (Lipinski definition) is 4. The van der Waals surface area contributed by atoms with E-state index in [-0.39, 0.29) is 24.1 Å². The zero-order chi connectivity index (χ0) is 21.9. The Morgan fingerprint density at radius 3 is 2.63 bits per heavy atom. The van der Waals surface area contributed by atoms with E-state index in [2.05, 4.69) is 5.32 Å². The first kappa shape index (κ1) is 22.7. The highest BCUT2D eigenvalue weighted by Gasteiger charge is 2.31. The van der Waals surface area contributed by atoms with E-state index in [0.29, 0.717) is 17.3 Å². The molecule has 0 aliphatic carbocycles. The van der Waals surface area contributed by atoms with Crippen molar-refractivity contribution < 1.29 is 17.9 Å². The summed E-state index contributed by atoms with van der Waals surface area (Å²) in [5.41, 5.74) is 3.46. The predicted molar refractivity (Wildman–Crippen MR) is 118 cm³/mol. The van der Waals surface area contributed by atoms with Crippen molar-refractivity contribution >= 4 is 33.2 Å². The summed E-state index contributed by atoms with van der Waals surface area (Å²) in [7, 11) is -3.93. The molecule has 1 saturated heterocycles. The maximum Gasteiger partial charge on any atom is 0.243 e. The van der Waals surface area contributed by atoms with Crippen LogP contribution in [0, 0.1) is 20.8 Å². The second kappa shape index (κ2) is 9.47. The number of carbonyl (C=O) groups excluding carboxylic acids is 1. The average Bonchev–Trinajstić information content (AvgIpc) is 3.20. The molecule has 0 bridgehead atoms. The van der Waals surface area contributed by atoms with Gasteiger partial charge in [-0.2, -0.15) is 4.31 Å². The quantitative estimate of drug-likeness (QED) is 0.689. The van der Waals surface area contributed by atoms with Crippen molar-refractivity contribution in [2.45, 2.75) is 44.6 Å². The van der Waals surface area contributed by atoms with Crippen LogP contribution in [0.5, 0.6) is 0 Å². The van der Waals surface area contributed by atoms with E-state index in [1.54, 1.807) is 19.1 Å². The molecule has 2 aromatic carbocycles. The highest BCUT2D eigenvalue weighted by molar-refractivity contribution is 7.89. The minimum atomic E-state index is -3.93. The molecule has 0 aromatic heterocycles. The first-order chi connectivity index (χ1) is 14.2. The van der Waals surface area contributed by atoms with Crippen molar-refractivity contribution in [1.29, 1.82) is 0 Å². The van der Waals surface area contributed by atoms with Gasteiger partial charge in [0.25, 0.3) is 0 Å². The standard InChI is InChI=1S/C22H27ClN2O4S/c1-15-6-4-8-21(17(15)3)24-22(26)14-25(13-18-7-5-11-29-18)30(27,28)19-10-9-16(2)20(23)12-19/h4,6,8-10,12,18H,5,7,11,13-14H2,1-3H3,(H,24,26). The number of hydrogen-bond donors (Lipinski definition) is 1. The van der Waals surface area contributed by atoms with E-state index in [0.717, 1.165) is 29.5 Å². The van der Waals surface area contributed by atoms with Gasteiger partial charge in [0.2, 0.25) is 15.9 Å². The van der Waals surface area contributed by atoms with E-state index in [1.165, 1.54) is 16.4 Å². The third kappa shape index (κ3) is 5.21. The van der Waals surface area contributed by atoms with Crippen molar-refractivity contribution in [3.05, 3.63) is 58.1 Å². The number of benzene rings is 2. The fraction of sp³-hybridized carbons (Fsp3) is 0.409. The van der Waals surface area contributed by atoms with Crippen LogP contribution in [0.2, 0.25) is 5.02 Å². The van der Waals surface area contributed by atoms with Crippen LogP contribution in [-0.2, 0) is 19.6 Å². The molecule has 162 valence electrons. The third-order valence-corrected chi connectivity index (χ3v) is 7.63. The highest BCUT2D eigenvalue weighted by atomic mass is 35.5. The molecule has 1 amide bonds. The number of amides is 1. The molecule has 1 aliphatic rings. The first-order valence-electron chi connectivity index (χ1n) is 9.92. The monoisotopic (exact) mass is 450 g/mol. The highest BCUT2D eigenvalue weighted by Crippen LogP contribution is 2.25. The summed E-state index contributed by atoms with van der Waals surface area (Å²) in [6.45, 7) is 6.10. The molecule has 1 unspecified atom stereocenters. The topological polar surface area (TPSA) is 75.7 Å². The van der Waals surface area contributed by atoms with Crippen LogP contribution < -0.4 is 5.32 Å². The van der Waals surface area contributed by atoms with Gasteiger partial charge in [0.15, 0.2) is 0 Å². The van der Waals surface area contributed by atoms with Gasteiger partial charge >= 0.3 is 0 Å². The lowest BCUT2D eigenvalue weighted by molar-refractivity contribution is -0.116. The molecule has 1 heterocycles. The first-order valence-corrected chi connectivity index (χ1v) is 11.7. The molecule has 6 nitrogen and oxygen atoms in total. The summed E-state index contributed by atoms with van der Waals surface area (Å²) in [6.07, 6.45) is 1.41. The summed E-state index contributed by atoms with van der Waals surface area (Å²) >= 11 is 6.15. The molecule has 2 aromatic rings. The van der Waals surface area contributed by atoms with Crippen molar-refractivity contribution in [3.8, 4) is 0 Å². The number of nitrogens with one attached hydrogen (secondary N) is 1. The Hall–Kier alpha value is -1.93. The summed E-state index contributed by atoms with van der Waals surface area (Å²) < 4.78 is 33.5. The van der Waals surface area contributed by atoms with Crippen LogP contribution in [0.3, 0.4) is 0 Å². The number of carbonyl (C=O) groups is 1. The molecule has 3 rings (SSSR count). The van der Waals surface area contributed by atoms with E-state index in [9.17, 15) is 13.2 Å². The molecular formula is C22H27ClN2O4S. The zero-order valence-electron chi connectivity index (χ0n) is 17.4. The maximum atomic E-state index is 13.3. The summed E-state index contributed by atoms with van der Waals surface area (Å²) in [5, 5.41) is 3.21. The summed E-state index contributed by atoms with van der Waals surface area (Å²) in [4.78, 5) is 12.8. The number of anilines is 1. The predicted octanol–water partition coefficient (Wildman–Crippen LogP) is 4.07. The molecule has 1 N–H and O–H groups in total. The van der Waals surface area contributed by atoms with Crippen LogP contribution in [0.1, 0.15) is 29.5 Å². The van der Waals surface area contributed by atoms with Gasteiger partial charge < -0.3 is 10.1 Å². The summed E-state index contributed by atoms with van der Waals surface area (Å²) in [6, 6.07) is 10.2. The van der Waals surface area contributed by atoms with Gasteiger partial charge in [0.1, 0.15) is 0 Å². The number of aryl methyl sites for hydroxylation is 2. The minimum absolute atomic E-state index is 0.0654. The zero-order valence-corrected chi connectivity index (χ0v) is 19.0. The Labute approximate surface area is 183 Å². The van der Waals surface area contributed by atoms with Crippen LogP contribution in [0.15, 0.2) is 41.3 Å². The maximum absolute atomic E-state index is 13.3. The number of ether oxygens (including phenoxy) is 1. The van der Waals surface area contributed by atoms with Crippen LogP contribution >= 0.6 is 11.6 Å². The van der Waals surface area contributed by atoms with Gasteiger partial charge in [0, 0.05) is 23.9 Å². The third-order valence-electron chi connectivity index (χ3n) is 5.41. The molecule has 1 atom stereocenters. The molecule has 1 fully saturated rings. The SMILES string of the molecule is Cc1ccc(S(=O)(=O)N(CC(=O)Nc2cccc(C)c2C)CC2CCCO2)cc1Cl. The molecular weight excluding hydrogens is 424 g/mol. The Morgan fingerprint density at radius 2 is 1.97 bits per heavy atom. The molecule has 0 spiro atoms. The van der Waals surface area contributed by atoms with Gasteiger partial charge in [-0.05, 0) is 68.5 Å². The molecule has 0 radical (unpaired) electrons. The molecule has 30 heavy (non-hydrogen) atoms. The second-order valence-corrected chi connectivity index (χ2v) is 9.98. The smallest absolute Gasteiger partial charge is 0.243 e. The fourth-order valence-corrected chi connectivity index (χ4v) is 5.08. The van der Waals surface area contributed by atoms with Crippen LogP contribution in [0.25, 0.3) is 0 Å². The molecule has 8 heteroatoms. The van der Waals surface area contributed by atoms with Gasteiger partial charge in [-0.3, -0.25) is 4.79 Å². The van der Waals surface area contributed by atoms with E-state index in [1.807, 2.05) is 26.0 Å². The second-order valence-electron chi connectivity index (χ2n) is 7.64. The molecule has 1 aliphatic heterocycles. The lowest BCUT2D eigenvalue weighted by Gasteiger charge is -2.25. The fourth-order valence-electron chi connectivity index (χ4n) is 3.38. The largest absolute Gasteiger partial charge is 0.377 e. The van der Waals surface area contributed by atoms with E-state index in [4.69, 9.17) is 16.3 Å². The number of nitrogens with zero attached hydrogens (tertiary/aromatic N) is 1. The van der Waals surface area contributed by atoms with Crippen LogP contribution in [-0.4, -0.2) is 44.4 Å². The Morgan fingerprint density at radius 1 is 1.20 bits per heavy atom. The normalized spacial score (nSPS) is 16.8. The van der Waals surface area contributed by atoms with E-state index >= 15 is 0 Å². The van der Waals surface area contributed by atoms with Gasteiger partial charge in [0.05, 0.1) is 17.5 Å². The number of halogens is 1. The van der Waals surface area contributed by atoms with Crippen molar-refractivity contribution in [2.75, 3.05) is 25.0 Å². The van der Waals surface area contributed by atoms with Gasteiger partial charge in [-0.15, -0.1) is 0 Å². The lowest BCUT2D eigenvalue weighted by atomic mass is 10.1. The van der Waals surface area contributed by atoms with Gasteiger partial charge in [-0.1, -0.05) is 29.8 Å². The van der Waals surface area contributed by atoms with Crippen molar-refractivity contribution in [3.63, 3.8) is 0 Å². The Bertz CT molecular complexity index is 1030. The van der Waals surface area contributed by atoms with Crippen LogP contribution in [0.4, 0.5) is 5.69 Å². The average molecular weight is 451 g/mol. The Balaban J connectivity index is 1.85.